The van der Waals surface area contributed by atoms with Gasteiger partial charge in [0.2, 0.25) is 5.91 Å². The molecule has 1 aromatic rings. The SMILES string of the molecule is CCC1=C(C(=O)OC)C(c2cccc(F)c2)N2C(CC(=O)NCCN3CCOCC3)=CSC2=N1. The van der Waals surface area contributed by atoms with Crippen molar-refractivity contribution >= 4 is 28.8 Å². The zero-order valence-electron chi connectivity index (χ0n) is 19.4. The summed E-state index contributed by atoms with van der Waals surface area (Å²) in [6.45, 7) is 6.38. The molecule has 1 unspecified atom stereocenters. The van der Waals surface area contributed by atoms with Crippen molar-refractivity contribution in [2.24, 2.45) is 4.99 Å². The number of ether oxygens (including phenoxy) is 2. The Labute approximate surface area is 202 Å². The number of allylic oxidation sites excluding steroid dienone is 1. The fraction of sp³-hybridized carbons (Fsp3) is 0.458. The minimum absolute atomic E-state index is 0.121. The van der Waals surface area contributed by atoms with Crippen LogP contribution < -0.4 is 5.32 Å². The molecule has 0 aliphatic carbocycles. The normalized spacial score (nSPS) is 20.6. The third-order valence-electron chi connectivity index (χ3n) is 5.99. The molecule has 0 aromatic heterocycles. The van der Waals surface area contributed by atoms with Gasteiger partial charge in [0.1, 0.15) is 5.82 Å². The van der Waals surface area contributed by atoms with Crippen molar-refractivity contribution in [2.75, 3.05) is 46.5 Å². The second kappa shape index (κ2) is 11.2. The number of rotatable bonds is 8. The van der Waals surface area contributed by atoms with Gasteiger partial charge in [-0.25, -0.2) is 14.2 Å². The van der Waals surface area contributed by atoms with E-state index in [0.29, 0.717) is 53.9 Å². The number of carbonyl (C=O) groups excluding carboxylic acids is 2. The minimum Gasteiger partial charge on any atom is -0.466 e. The number of aliphatic imine (C=N–C) groups is 1. The van der Waals surface area contributed by atoms with Crippen LogP contribution >= 0.6 is 11.8 Å². The van der Waals surface area contributed by atoms with Gasteiger partial charge >= 0.3 is 5.97 Å². The van der Waals surface area contributed by atoms with Gasteiger partial charge in [-0.1, -0.05) is 30.8 Å². The van der Waals surface area contributed by atoms with Crippen LogP contribution in [0.15, 0.2) is 51.6 Å². The first-order valence-corrected chi connectivity index (χ1v) is 12.3. The van der Waals surface area contributed by atoms with E-state index in [9.17, 15) is 14.0 Å². The number of morpholine rings is 1. The van der Waals surface area contributed by atoms with Gasteiger partial charge in [-0.15, -0.1) is 0 Å². The smallest absolute Gasteiger partial charge is 0.338 e. The first kappa shape index (κ1) is 24.4. The molecule has 1 saturated heterocycles. The van der Waals surface area contributed by atoms with Gasteiger partial charge in [-0.2, -0.15) is 0 Å². The number of methoxy groups -OCH3 is 1. The molecule has 1 atom stereocenters. The molecule has 8 nitrogen and oxygen atoms in total. The Morgan fingerprint density at radius 1 is 1.32 bits per heavy atom. The molecule has 0 radical (unpaired) electrons. The number of amidine groups is 1. The van der Waals surface area contributed by atoms with Crippen molar-refractivity contribution in [1.82, 2.24) is 15.1 Å². The number of halogens is 1. The first-order chi connectivity index (χ1) is 16.5. The number of esters is 1. The van der Waals surface area contributed by atoms with Gasteiger partial charge < -0.3 is 19.7 Å². The zero-order valence-corrected chi connectivity index (χ0v) is 20.2. The number of thioether (sulfide) groups is 1. The van der Waals surface area contributed by atoms with Crippen LogP contribution in [0.25, 0.3) is 0 Å². The van der Waals surface area contributed by atoms with E-state index in [1.165, 1.54) is 31.0 Å². The molecule has 4 rings (SSSR count). The highest BCUT2D eigenvalue weighted by Gasteiger charge is 2.41. The fourth-order valence-corrected chi connectivity index (χ4v) is 5.25. The van der Waals surface area contributed by atoms with Crippen LogP contribution in [0.2, 0.25) is 0 Å². The molecule has 3 aliphatic heterocycles. The molecule has 1 N–H and O–H groups in total. The molecule has 10 heteroatoms. The van der Waals surface area contributed by atoms with Gasteiger partial charge in [0.05, 0.1) is 44.1 Å². The monoisotopic (exact) mass is 488 g/mol. The number of hydrogen-bond acceptors (Lipinski definition) is 8. The summed E-state index contributed by atoms with van der Waals surface area (Å²) >= 11 is 1.40. The van der Waals surface area contributed by atoms with Gasteiger partial charge in [0, 0.05) is 31.9 Å². The second-order valence-electron chi connectivity index (χ2n) is 8.14. The molecule has 1 amide bonds. The van der Waals surface area contributed by atoms with Crippen LogP contribution in [0, 0.1) is 5.82 Å². The molecular weight excluding hydrogens is 459 g/mol. The number of fused-ring (bicyclic) bond motifs is 1. The van der Waals surface area contributed by atoms with E-state index >= 15 is 0 Å². The summed E-state index contributed by atoms with van der Waals surface area (Å²) in [5, 5.41) is 5.52. The number of amides is 1. The standard InChI is InChI=1S/C24H29FN4O4S/c1-3-19-21(23(31)32-2)22(16-5-4-6-17(25)13-16)29-18(15-34-24(29)27-19)14-20(30)26-7-8-28-9-11-33-12-10-28/h4-6,13,15,22H,3,7-12,14H2,1-2H3,(H,26,30). The average molecular weight is 489 g/mol. The van der Waals surface area contributed by atoms with Gasteiger partial charge in [-0.05, 0) is 29.5 Å². The zero-order chi connectivity index (χ0) is 24.1. The summed E-state index contributed by atoms with van der Waals surface area (Å²) in [4.78, 5) is 34.4. The maximum atomic E-state index is 14.2. The molecule has 34 heavy (non-hydrogen) atoms. The molecular formula is C24H29FN4O4S. The Bertz CT molecular complexity index is 1040. The van der Waals surface area contributed by atoms with E-state index in [-0.39, 0.29) is 12.3 Å². The van der Waals surface area contributed by atoms with Gasteiger partial charge in [-0.3, -0.25) is 9.69 Å². The minimum atomic E-state index is -0.631. The maximum absolute atomic E-state index is 14.2. The van der Waals surface area contributed by atoms with E-state index in [0.717, 1.165) is 19.6 Å². The molecule has 0 spiro atoms. The van der Waals surface area contributed by atoms with Crippen molar-refractivity contribution in [1.29, 1.82) is 0 Å². The third-order valence-corrected chi connectivity index (χ3v) is 6.88. The lowest BCUT2D eigenvalue weighted by atomic mass is 9.93. The number of nitrogens with zero attached hydrogens (tertiary/aromatic N) is 3. The van der Waals surface area contributed by atoms with Crippen molar-refractivity contribution in [3.05, 3.63) is 58.0 Å². The van der Waals surface area contributed by atoms with Crippen LogP contribution in [0.4, 0.5) is 4.39 Å². The van der Waals surface area contributed by atoms with E-state index < -0.39 is 17.8 Å². The Hall–Kier alpha value is -2.69. The van der Waals surface area contributed by atoms with Gasteiger partial charge in [0.15, 0.2) is 5.17 Å². The van der Waals surface area contributed by atoms with E-state index in [2.05, 4.69) is 15.2 Å². The lowest BCUT2D eigenvalue weighted by Crippen LogP contribution is -2.42. The molecule has 182 valence electrons. The quantitative estimate of drug-likeness (QED) is 0.564. The molecule has 1 fully saturated rings. The number of carbonyl (C=O) groups is 2. The van der Waals surface area contributed by atoms with Gasteiger partial charge in [0.25, 0.3) is 0 Å². The molecule has 3 heterocycles. The Kier molecular flexibility index (Phi) is 8.02. The van der Waals surface area contributed by atoms with Crippen LogP contribution in [0.1, 0.15) is 31.4 Å². The van der Waals surface area contributed by atoms with E-state index in [1.807, 2.05) is 17.2 Å². The summed E-state index contributed by atoms with van der Waals surface area (Å²) < 4.78 is 24.6. The maximum Gasteiger partial charge on any atom is 0.338 e. The Balaban J connectivity index is 1.54. The number of hydrogen-bond donors (Lipinski definition) is 1. The lowest BCUT2D eigenvalue weighted by molar-refractivity contribution is -0.136. The predicted molar refractivity (Wildman–Crippen MR) is 128 cm³/mol. The van der Waals surface area contributed by atoms with Crippen molar-refractivity contribution < 1.29 is 23.5 Å². The number of nitrogens with one attached hydrogen (secondary N) is 1. The van der Waals surface area contributed by atoms with E-state index in [4.69, 9.17) is 9.47 Å². The third kappa shape index (κ3) is 5.34. The van der Waals surface area contributed by atoms with Crippen LogP contribution in [-0.4, -0.2) is 73.3 Å². The van der Waals surface area contributed by atoms with Crippen LogP contribution in [0.5, 0.6) is 0 Å². The summed E-state index contributed by atoms with van der Waals surface area (Å²) in [6, 6.07) is 5.53. The lowest BCUT2D eigenvalue weighted by Gasteiger charge is -2.36. The Morgan fingerprint density at radius 2 is 2.12 bits per heavy atom. The molecule has 1 aromatic carbocycles. The van der Waals surface area contributed by atoms with Crippen molar-refractivity contribution in [2.45, 2.75) is 25.8 Å². The first-order valence-electron chi connectivity index (χ1n) is 11.4. The second-order valence-corrected chi connectivity index (χ2v) is 8.97. The fourth-order valence-electron chi connectivity index (χ4n) is 4.31. The van der Waals surface area contributed by atoms with Crippen molar-refractivity contribution in [3.8, 4) is 0 Å². The number of benzene rings is 1. The summed E-state index contributed by atoms with van der Waals surface area (Å²) in [5.74, 6) is -1.04. The molecule has 0 bridgehead atoms. The predicted octanol–water partition coefficient (Wildman–Crippen LogP) is 2.80. The highest BCUT2D eigenvalue weighted by molar-refractivity contribution is 8.16. The average Bonchev–Trinajstić information content (AvgIpc) is 3.25. The summed E-state index contributed by atoms with van der Waals surface area (Å²) in [5.41, 5.74) is 2.27. The summed E-state index contributed by atoms with van der Waals surface area (Å²) in [7, 11) is 1.32. The van der Waals surface area contributed by atoms with E-state index in [1.54, 1.807) is 12.1 Å². The highest BCUT2D eigenvalue weighted by atomic mass is 32.2. The highest BCUT2D eigenvalue weighted by Crippen LogP contribution is 2.45. The Morgan fingerprint density at radius 3 is 2.82 bits per heavy atom. The topological polar surface area (TPSA) is 83.5 Å². The molecule has 0 saturated carbocycles. The largest absolute Gasteiger partial charge is 0.466 e. The van der Waals surface area contributed by atoms with Crippen molar-refractivity contribution in [3.63, 3.8) is 0 Å². The summed E-state index contributed by atoms with van der Waals surface area (Å²) in [6.07, 6.45) is 0.641. The van der Waals surface area contributed by atoms with Crippen LogP contribution in [0.3, 0.4) is 0 Å². The van der Waals surface area contributed by atoms with Crippen LogP contribution in [-0.2, 0) is 19.1 Å². The molecule has 3 aliphatic rings.